The third-order valence-corrected chi connectivity index (χ3v) is 3.62. The molecule has 1 saturated heterocycles. The molecule has 6 heteroatoms. The number of hydrogen-bond acceptors (Lipinski definition) is 4. The maximum atomic E-state index is 11.0. The minimum atomic E-state index is -0.844. The van der Waals surface area contributed by atoms with Gasteiger partial charge in [-0.2, -0.15) is 0 Å². The number of carboxylic acid groups (broad SMARTS) is 1. The van der Waals surface area contributed by atoms with E-state index in [4.69, 9.17) is 14.6 Å². The summed E-state index contributed by atoms with van der Waals surface area (Å²) in [4.78, 5) is 14.7. The van der Waals surface area contributed by atoms with Gasteiger partial charge in [0.15, 0.2) is 0 Å². The predicted octanol–water partition coefficient (Wildman–Crippen LogP) is 1.90. The third kappa shape index (κ3) is 4.01. The summed E-state index contributed by atoms with van der Waals surface area (Å²) in [5.74, 6) is 0.813. The minimum Gasteiger partial charge on any atom is -0.491 e. The number of methoxy groups -OCH3 is 1. The van der Waals surface area contributed by atoms with E-state index in [9.17, 15) is 4.79 Å². The maximum absolute atomic E-state index is 11.0. The summed E-state index contributed by atoms with van der Waals surface area (Å²) in [6.45, 7) is 4.90. The molecule has 1 aliphatic rings. The highest BCUT2D eigenvalue weighted by Gasteiger charge is 2.26. The van der Waals surface area contributed by atoms with Gasteiger partial charge < -0.3 is 24.4 Å². The van der Waals surface area contributed by atoms with Crippen molar-refractivity contribution in [3.05, 3.63) is 24.3 Å². The molecule has 1 atom stereocenters. The number of ether oxygens (including phenoxy) is 2. The molecule has 116 valence electrons. The van der Waals surface area contributed by atoms with Gasteiger partial charge in [0.05, 0.1) is 6.61 Å². The number of hydrogen-bond donors (Lipinski definition) is 1. The van der Waals surface area contributed by atoms with Gasteiger partial charge in [-0.15, -0.1) is 0 Å². The standard InChI is InChI=1S/C15H22N2O4/c1-12-11-16(15(18)19)7-8-17(12)13-3-5-14(6-4-13)21-10-9-20-2/h3-6,12H,7-11H2,1-2H3,(H,18,19)/t12-/m0/s1. The quantitative estimate of drug-likeness (QED) is 0.840. The number of carbonyl (C=O) groups is 1. The van der Waals surface area contributed by atoms with E-state index < -0.39 is 6.09 Å². The van der Waals surface area contributed by atoms with Gasteiger partial charge >= 0.3 is 6.09 Å². The number of benzene rings is 1. The Bertz CT molecular complexity index is 463. The first-order chi connectivity index (χ1) is 10.1. The van der Waals surface area contributed by atoms with Crippen molar-refractivity contribution in [2.24, 2.45) is 0 Å². The molecule has 0 unspecified atom stereocenters. The van der Waals surface area contributed by atoms with E-state index >= 15 is 0 Å². The van der Waals surface area contributed by atoms with Crippen molar-refractivity contribution in [1.82, 2.24) is 4.90 Å². The van der Waals surface area contributed by atoms with E-state index in [0.717, 1.165) is 11.4 Å². The normalized spacial score (nSPS) is 18.7. The van der Waals surface area contributed by atoms with Crippen LogP contribution in [0, 0.1) is 0 Å². The average Bonchev–Trinajstić information content (AvgIpc) is 2.48. The second kappa shape index (κ2) is 7.17. The summed E-state index contributed by atoms with van der Waals surface area (Å²) in [7, 11) is 1.64. The highest BCUT2D eigenvalue weighted by Crippen LogP contribution is 2.23. The summed E-state index contributed by atoms with van der Waals surface area (Å²) in [6.07, 6.45) is -0.844. The topological polar surface area (TPSA) is 62.2 Å². The Labute approximate surface area is 124 Å². The Kier molecular flexibility index (Phi) is 5.27. The second-order valence-corrected chi connectivity index (χ2v) is 5.11. The van der Waals surface area contributed by atoms with Gasteiger partial charge in [-0.05, 0) is 31.2 Å². The van der Waals surface area contributed by atoms with Gasteiger partial charge in [-0.3, -0.25) is 0 Å². The fourth-order valence-electron chi connectivity index (χ4n) is 2.49. The van der Waals surface area contributed by atoms with Crippen molar-refractivity contribution in [3.63, 3.8) is 0 Å². The molecule has 6 nitrogen and oxygen atoms in total. The minimum absolute atomic E-state index is 0.162. The molecule has 0 aliphatic carbocycles. The number of rotatable bonds is 5. The van der Waals surface area contributed by atoms with Crippen molar-refractivity contribution >= 4 is 11.8 Å². The molecule has 1 heterocycles. The monoisotopic (exact) mass is 294 g/mol. The molecule has 2 rings (SSSR count). The molecule has 0 bridgehead atoms. The first-order valence-corrected chi connectivity index (χ1v) is 7.08. The van der Waals surface area contributed by atoms with E-state index in [1.165, 1.54) is 4.90 Å². The molecule has 0 radical (unpaired) electrons. The molecule has 0 spiro atoms. The fraction of sp³-hybridized carbons (Fsp3) is 0.533. The van der Waals surface area contributed by atoms with Gasteiger partial charge in [0, 0.05) is 38.5 Å². The zero-order valence-electron chi connectivity index (χ0n) is 12.5. The smallest absolute Gasteiger partial charge is 0.407 e. The van der Waals surface area contributed by atoms with Crippen LogP contribution in [0.1, 0.15) is 6.92 Å². The number of anilines is 1. The van der Waals surface area contributed by atoms with E-state index in [-0.39, 0.29) is 6.04 Å². The van der Waals surface area contributed by atoms with Crippen LogP contribution >= 0.6 is 0 Å². The Morgan fingerprint density at radius 2 is 2.00 bits per heavy atom. The van der Waals surface area contributed by atoms with Gasteiger partial charge in [-0.25, -0.2) is 4.79 Å². The predicted molar refractivity (Wildman–Crippen MR) is 80.2 cm³/mol. The highest BCUT2D eigenvalue weighted by molar-refractivity contribution is 5.65. The Morgan fingerprint density at radius 1 is 1.29 bits per heavy atom. The number of amides is 1. The summed E-state index contributed by atoms with van der Waals surface area (Å²) in [5.41, 5.74) is 1.09. The molecule has 21 heavy (non-hydrogen) atoms. The summed E-state index contributed by atoms with van der Waals surface area (Å²) in [5, 5.41) is 9.03. The van der Waals surface area contributed by atoms with E-state index in [2.05, 4.69) is 4.90 Å². The maximum Gasteiger partial charge on any atom is 0.407 e. The zero-order chi connectivity index (χ0) is 15.2. The lowest BCUT2D eigenvalue weighted by atomic mass is 10.1. The summed E-state index contributed by atoms with van der Waals surface area (Å²) in [6, 6.07) is 8.04. The van der Waals surface area contributed by atoms with Crippen LogP contribution in [0.4, 0.5) is 10.5 Å². The van der Waals surface area contributed by atoms with Gasteiger partial charge in [0.2, 0.25) is 0 Å². The highest BCUT2D eigenvalue weighted by atomic mass is 16.5. The first kappa shape index (κ1) is 15.4. The molecular weight excluding hydrogens is 272 g/mol. The lowest BCUT2D eigenvalue weighted by molar-refractivity contribution is 0.136. The molecule has 1 N–H and O–H groups in total. The fourth-order valence-corrected chi connectivity index (χ4v) is 2.49. The van der Waals surface area contributed by atoms with Gasteiger partial charge in [0.1, 0.15) is 12.4 Å². The Morgan fingerprint density at radius 3 is 2.57 bits per heavy atom. The van der Waals surface area contributed by atoms with Gasteiger partial charge in [0.25, 0.3) is 0 Å². The van der Waals surface area contributed by atoms with Crippen molar-refractivity contribution in [2.75, 3.05) is 44.9 Å². The first-order valence-electron chi connectivity index (χ1n) is 7.08. The van der Waals surface area contributed by atoms with E-state index in [0.29, 0.717) is 32.8 Å². The van der Waals surface area contributed by atoms with Gasteiger partial charge in [-0.1, -0.05) is 0 Å². The zero-order valence-corrected chi connectivity index (χ0v) is 12.5. The summed E-state index contributed by atoms with van der Waals surface area (Å²) < 4.78 is 10.5. The molecule has 0 aromatic heterocycles. The van der Waals surface area contributed by atoms with Crippen LogP contribution in [0.15, 0.2) is 24.3 Å². The lowest BCUT2D eigenvalue weighted by Gasteiger charge is -2.40. The third-order valence-electron chi connectivity index (χ3n) is 3.62. The van der Waals surface area contributed by atoms with Crippen LogP contribution in [-0.4, -0.2) is 62.1 Å². The Hall–Kier alpha value is -1.95. The molecule has 1 amide bonds. The number of piperazine rings is 1. The van der Waals surface area contributed by atoms with E-state index in [1.807, 2.05) is 31.2 Å². The Balaban J connectivity index is 1.94. The summed E-state index contributed by atoms with van der Waals surface area (Å²) >= 11 is 0. The SMILES string of the molecule is COCCOc1ccc(N2CCN(C(=O)O)C[C@@H]2C)cc1. The van der Waals surface area contributed by atoms with Crippen molar-refractivity contribution in [2.45, 2.75) is 13.0 Å². The van der Waals surface area contributed by atoms with Crippen LogP contribution in [0.5, 0.6) is 5.75 Å². The molecule has 1 aliphatic heterocycles. The van der Waals surface area contributed by atoms with Crippen LogP contribution in [-0.2, 0) is 4.74 Å². The molecule has 1 fully saturated rings. The van der Waals surface area contributed by atoms with Crippen molar-refractivity contribution < 1.29 is 19.4 Å². The lowest BCUT2D eigenvalue weighted by Crippen LogP contribution is -2.53. The van der Waals surface area contributed by atoms with Crippen molar-refractivity contribution in [3.8, 4) is 5.75 Å². The van der Waals surface area contributed by atoms with Crippen molar-refractivity contribution in [1.29, 1.82) is 0 Å². The largest absolute Gasteiger partial charge is 0.491 e. The molecular formula is C15H22N2O4. The molecule has 1 aromatic rings. The van der Waals surface area contributed by atoms with Crippen LogP contribution in [0.25, 0.3) is 0 Å². The van der Waals surface area contributed by atoms with Crippen LogP contribution in [0.3, 0.4) is 0 Å². The molecule has 0 saturated carbocycles. The van der Waals surface area contributed by atoms with Crippen LogP contribution in [0.2, 0.25) is 0 Å². The average molecular weight is 294 g/mol. The molecule has 1 aromatic carbocycles. The van der Waals surface area contributed by atoms with Crippen LogP contribution < -0.4 is 9.64 Å². The number of nitrogens with zero attached hydrogens (tertiary/aromatic N) is 2. The second-order valence-electron chi connectivity index (χ2n) is 5.11. The van der Waals surface area contributed by atoms with E-state index in [1.54, 1.807) is 7.11 Å².